The van der Waals surface area contributed by atoms with Crippen LogP contribution in [0.25, 0.3) is 5.70 Å². The monoisotopic (exact) mass is 418 g/mol. The average molecular weight is 419 g/mol. The van der Waals surface area contributed by atoms with Crippen LogP contribution in [0, 0.1) is 11.8 Å². The van der Waals surface area contributed by atoms with Crippen molar-refractivity contribution in [2.75, 3.05) is 14.1 Å². The fraction of sp³-hybridized carbons (Fsp3) is 0.692. The summed E-state index contributed by atoms with van der Waals surface area (Å²) >= 11 is 2.53. The molecule has 0 aliphatic heterocycles. The van der Waals surface area contributed by atoms with Crippen molar-refractivity contribution in [3.8, 4) is 0 Å². The maximum absolute atomic E-state index is 4.11. The summed E-state index contributed by atoms with van der Waals surface area (Å²) in [5.41, 5.74) is 9.34. The molecular formula is C26H43LiN2Si. The van der Waals surface area contributed by atoms with Crippen molar-refractivity contribution >= 4 is 31.6 Å². The second-order valence-electron chi connectivity index (χ2n) is 12.3. The van der Waals surface area contributed by atoms with Crippen molar-refractivity contribution in [3.05, 3.63) is 40.0 Å². The van der Waals surface area contributed by atoms with Gasteiger partial charge >= 0.3 is 197 Å². The van der Waals surface area contributed by atoms with E-state index >= 15 is 0 Å². The minimum atomic E-state index is -1.88. The topological polar surface area (TPSA) is 15.3 Å². The number of benzene rings is 1. The van der Waals surface area contributed by atoms with Gasteiger partial charge < -0.3 is 0 Å². The zero-order valence-electron chi connectivity index (χ0n) is 21.9. The molecule has 2 aliphatic carbocycles. The van der Waals surface area contributed by atoms with E-state index in [-0.39, 0.29) is 9.25 Å². The van der Waals surface area contributed by atoms with Crippen LogP contribution in [0.5, 0.6) is 0 Å². The van der Waals surface area contributed by atoms with Crippen LogP contribution in [-0.2, 0) is 3.71 Å². The Bertz CT molecular complexity index is 880. The molecule has 0 amide bonds. The number of rotatable bonds is 3. The van der Waals surface area contributed by atoms with Crippen LogP contribution in [0.3, 0.4) is 0 Å². The second-order valence-corrected chi connectivity index (χ2v) is 16.8. The third-order valence-electron chi connectivity index (χ3n) is 8.89. The van der Waals surface area contributed by atoms with Crippen molar-refractivity contribution in [2.45, 2.75) is 89.6 Å². The Morgan fingerprint density at radius 3 is 1.87 bits per heavy atom. The zero-order chi connectivity index (χ0) is 23.0. The summed E-state index contributed by atoms with van der Waals surface area (Å²) in [6, 6.07) is 5.22. The summed E-state index contributed by atoms with van der Waals surface area (Å²) in [5, 5.41) is 0. The van der Waals surface area contributed by atoms with Crippen LogP contribution >= 0.6 is 0 Å². The summed E-state index contributed by atoms with van der Waals surface area (Å²) < 4.78 is 0.0690. The SMILES string of the molecule is [Li][C]1([Si](C)(C)NC(C)(C)C)C(C)=C(N(C)C)c2cc3c(cc21)C(C)C(C)C(C)C3C. The van der Waals surface area contributed by atoms with Crippen molar-refractivity contribution < 1.29 is 0 Å². The van der Waals surface area contributed by atoms with Gasteiger partial charge in [0, 0.05) is 0 Å². The maximum atomic E-state index is 4.11. The molecule has 0 bridgehead atoms. The van der Waals surface area contributed by atoms with Gasteiger partial charge in [-0.3, -0.25) is 0 Å². The molecule has 1 aromatic carbocycles. The number of fused-ring (bicyclic) bond motifs is 2. The zero-order valence-corrected chi connectivity index (χ0v) is 22.9. The van der Waals surface area contributed by atoms with Gasteiger partial charge in [-0.1, -0.05) is 0 Å². The molecule has 2 nitrogen and oxygen atoms in total. The summed E-state index contributed by atoms with van der Waals surface area (Å²) in [4.78, 5) is 6.47. The first-order chi connectivity index (χ1) is 13.5. The molecule has 0 saturated heterocycles. The summed E-state index contributed by atoms with van der Waals surface area (Å²) in [6.45, 7) is 24.2. The number of hydrogen-bond acceptors (Lipinski definition) is 2. The average Bonchev–Trinajstić information content (AvgIpc) is 2.83. The first kappa shape index (κ1) is 24.2. The molecule has 4 heteroatoms. The third kappa shape index (κ3) is 3.49. The van der Waals surface area contributed by atoms with Gasteiger partial charge in [-0.25, -0.2) is 0 Å². The Balaban J connectivity index is 2.31. The van der Waals surface area contributed by atoms with Crippen LogP contribution < -0.4 is 4.98 Å². The van der Waals surface area contributed by atoms with Crippen LogP contribution in [0.4, 0.5) is 0 Å². The molecule has 3 rings (SSSR count). The molecule has 1 N–H and O–H groups in total. The van der Waals surface area contributed by atoms with E-state index in [1.54, 1.807) is 22.3 Å². The van der Waals surface area contributed by atoms with Crippen molar-refractivity contribution in [1.29, 1.82) is 0 Å². The Kier molecular flexibility index (Phi) is 6.08. The van der Waals surface area contributed by atoms with E-state index in [4.69, 9.17) is 0 Å². The van der Waals surface area contributed by atoms with E-state index < -0.39 is 8.24 Å². The summed E-state index contributed by atoms with van der Waals surface area (Å²) in [6.07, 6.45) is 0. The molecule has 0 spiro atoms. The van der Waals surface area contributed by atoms with E-state index in [1.807, 2.05) is 0 Å². The van der Waals surface area contributed by atoms with Crippen LogP contribution in [-0.4, -0.2) is 50.5 Å². The van der Waals surface area contributed by atoms with E-state index in [9.17, 15) is 0 Å². The molecule has 5 atom stereocenters. The number of hydrogen-bond donors (Lipinski definition) is 1. The molecule has 0 heterocycles. The molecule has 0 aromatic heterocycles. The van der Waals surface area contributed by atoms with E-state index in [2.05, 4.69) is 122 Å². The van der Waals surface area contributed by atoms with Crippen LogP contribution in [0.2, 0.25) is 13.1 Å². The standard InChI is InChI=1S/C26H43N2Si.Li/c1-15-16(2)18(4)21-14-23-22(13-20(21)17(15)3)24(28(9)10)19(5)25(23)29(11,12)27-26(6,7)8;/h13-18,27H,1-12H3;. The molecule has 1 aromatic rings. The van der Waals surface area contributed by atoms with Gasteiger partial charge in [-0.05, 0) is 0 Å². The van der Waals surface area contributed by atoms with Gasteiger partial charge in [-0.2, -0.15) is 0 Å². The third-order valence-corrected chi connectivity index (χ3v) is 13.4. The number of allylic oxidation sites excluding steroid dienone is 1. The van der Waals surface area contributed by atoms with Crippen molar-refractivity contribution in [3.63, 3.8) is 0 Å². The van der Waals surface area contributed by atoms with E-state index in [1.165, 1.54) is 11.3 Å². The quantitative estimate of drug-likeness (QED) is 0.607. The molecule has 0 saturated carbocycles. The number of nitrogens with one attached hydrogen (secondary N) is 1. The fourth-order valence-corrected chi connectivity index (χ4v) is 10.7. The summed E-state index contributed by atoms with van der Waals surface area (Å²) in [7, 11) is 2.56. The number of nitrogens with zero attached hydrogens (tertiary/aromatic N) is 1. The van der Waals surface area contributed by atoms with Gasteiger partial charge in [0.05, 0.1) is 0 Å². The predicted octanol–water partition coefficient (Wildman–Crippen LogP) is 5.98. The second kappa shape index (κ2) is 7.55. The molecule has 162 valence electrons. The molecule has 0 fully saturated rings. The first-order valence-corrected chi connectivity index (χ1v) is 14.9. The minimum absolute atomic E-state index is 0.0690. The van der Waals surface area contributed by atoms with E-state index in [0.29, 0.717) is 11.8 Å². The van der Waals surface area contributed by atoms with Gasteiger partial charge in [-0.15, -0.1) is 0 Å². The predicted molar refractivity (Wildman–Crippen MR) is 136 cm³/mol. The van der Waals surface area contributed by atoms with Crippen LogP contribution in [0.15, 0.2) is 17.7 Å². The van der Waals surface area contributed by atoms with Crippen LogP contribution in [0.1, 0.15) is 89.5 Å². The van der Waals surface area contributed by atoms with Gasteiger partial charge in [0.15, 0.2) is 0 Å². The normalized spacial score (nSPS) is 31.7. The fourth-order valence-electron chi connectivity index (χ4n) is 6.59. The Morgan fingerprint density at radius 2 is 1.43 bits per heavy atom. The van der Waals surface area contributed by atoms with E-state index in [0.717, 1.165) is 11.8 Å². The molecule has 0 radical (unpaired) electrons. The van der Waals surface area contributed by atoms with Gasteiger partial charge in [0.2, 0.25) is 0 Å². The van der Waals surface area contributed by atoms with Crippen molar-refractivity contribution in [2.24, 2.45) is 11.8 Å². The Labute approximate surface area is 196 Å². The molecule has 30 heavy (non-hydrogen) atoms. The molecule has 2 aliphatic rings. The first-order valence-electron chi connectivity index (χ1n) is 11.9. The molecule has 5 unspecified atom stereocenters. The van der Waals surface area contributed by atoms with Gasteiger partial charge in [0.25, 0.3) is 0 Å². The summed E-state index contributed by atoms with van der Waals surface area (Å²) in [5.74, 6) is 2.67. The Morgan fingerprint density at radius 1 is 0.967 bits per heavy atom. The van der Waals surface area contributed by atoms with Crippen molar-refractivity contribution in [1.82, 2.24) is 9.88 Å². The molecular weight excluding hydrogens is 375 g/mol. The Hall–Kier alpha value is -0.466. The van der Waals surface area contributed by atoms with Gasteiger partial charge in [0.1, 0.15) is 0 Å².